The van der Waals surface area contributed by atoms with Crippen LogP contribution in [0.1, 0.15) is 34.8 Å². The van der Waals surface area contributed by atoms with Gasteiger partial charge in [0.1, 0.15) is 11.6 Å². The second-order valence-corrected chi connectivity index (χ2v) is 9.92. The van der Waals surface area contributed by atoms with Gasteiger partial charge in [-0.25, -0.2) is 4.98 Å². The van der Waals surface area contributed by atoms with Crippen molar-refractivity contribution in [3.63, 3.8) is 0 Å². The smallest absolute Gasteiger partial charge is 0.255 e. The minimum atomic E-state index is -0.115. The third-order valence-corrected chi connectivity index (χ3v) is 7.47. The largest absolute Gasteiger partial charge is 0.493 e. The summed E-state index contributed by atoms with van der Waals surface area (Å²) in [6.45, 7) is 1.24. The number of nitrogens with zero attached hydrogens (tertiary/aromatic N) is 2. The Labute approximate surface area is 217 Å². The molecule has 1 aromatic carbocycles. The third-order valence-electron chi connectivity index (χ3n) is 7.17. The fourth-order valence-corrected chi connectivity index (χ4v) is 5.53. The SMILES string of the molecule is COc1c(Cl)cccc1Nc1c(-c2ccnc3ccc(O[C@@H]4CCOC4)nc23)[nH]c2c1C(=O)N[C@@H]1C[C@H]21. The van der Waals surface area contributed by atoms with Gasteiger partial charge in [-0.3, -0.25) is 9.78 Å². The number of nitrogens with one attached hydrogen (secondary N) is 3. The van der Waals surface area contributed by atoms with Crippen molar-refractivity contribution in [3.05, 3.63) is 58.9 Å². The molecule has 0 bridgehead atoms. The number of halogens is 1. The van der Waals surface area contributed by atoms with Crippen LogP contribution < -0.4 is 20.1 Å². The molecule has 0 radical (unpaired) electrons. The van der Waals surface area contributed by atoms with Crippen LogP contribution >= 0.6 is 11.6 Å². The summed E-state index contributed by atoms with van der Waals surface area (Å²) in [5, 5.41) is 7.03. The molecule has 0 unspecified atom stereocenters. The first-order valence-corrected chi connectivity index (χ1v) is 12.7. The summed E-state index contributed by atoms with van der Waals surface area (Å²) in [4.78, 5) is 26.1. The first-order valence-electron chi connectivity index (χ1n) is 12.3. The van der Waals surface area contributed by atoms with Crippen molar-refractivity contribution in [2.24, 2.45) is 0 Å². The number of anilines is 2. The molecule has 188 valence electrons. The molecule has 1 saturated heterocycles. The van der Waals surface area contributed by atoms with E-state index >= 15 is 0 Å². The zero-order valence-electron chi connectivity index (χ0n) is 20.0. The number of hydrogen-bond acceptors (Lipinski definition) is 7. The number of amides is 1. The van der Waals surface area contributed by atoms with Crippen LogP contribution in [0.4, 0.5) is 11.4 Å². The predicted octanol–water partition coefficient (Wildman–Crippen LogP) is 4.80. The first-order chi connectivity index (χ1) is 18.1. The molecule has 10 heteroatoms. The number of ether oxygens (including phenoxy) is 3. The fourth-order valence-electron chi connectivity index (χ4n) is 5.28. The highest BCUT2D eigenvalue weighted by molar-refractivity contribution is 6.32. The number of rotatable bonds is 6. The van der Waals surface area contributed by atoms with E-state index in [9.17, 15) is 4.79 Å². The van der Waals surface area contributed by atoms with E-state index in [0.717, 1.165) is 35.3 Å². The summed E-state index contributed by atoms with van der Waals surface area (Å²) in [6, 6.07) is 11.3. The lowest BCUT2D eigenvalue weighted by atomic mass is 10.0. The van der Waals surface area contributed by atoms with Gasteiger partial charge in [-0.05, 0) is 30.7 Å². The van der Waals surface area contributed by atoms with Crippen molar-refractivity contribution in [3.8, 4) is 22.9 Å². The Hall–Kier alpha value is -3.82. The van der Waals surface area contributed by atoms with Gasteiger partial charge in [0.05, 0.1) is 53.5 Å². The Morgan fingerprint density at radius 2 is 2.14 bits per heavy atom. The molecule has 7 rings (SSSR count). The Balaban J connectivity index is 1.39. The number of carbonyl (C=O) groups is 1. The lowest BCUT2D eigenvalue weighted by Gasteiger charge is -2.17. The Bertz CT molecular complexity index is 1550. The van der Waals surface area contributed by atoms with Gasteiger partial charge >= 0.3 is 0 Å². The Morgan fingerprint density at radius 1 is 1.22 bits per heavy atom. The number of fused-ring (bicyclic) bond motifs is 4. The van der Waals surface area contributed by atoms with E-state index in [1.54, 1.807) is 19.4 Å². The van der Waals surface area contributed by atoms with Gasteiger partial charge in [-0.2, -0.15) is 0 Å². The van der Waals surface area contributed by atoms with E-state index in [2.05, 4.69) is 20.6 Å². The van der Waals surface area contributed by atoms with Crippen LogP contribution in [-0.2, 0) is 4.74 Å². The average molecular weight is 518 g/mol. The summed E-state index contributed by atoms with van der Waals surface area (Å²) >= 11 is 6.40. The number of carbonyl (C=O) groups excluding carboxylic acids is 1. The highest BCUT2D eigenvalue weighted by Crippen LogP contribution is 2.51. The zero-order valence-corrected chi connectivity index (χ0v) is 20.8. The molecule has 5 heterocycles. The van der Waals surface area contributed by atoms with Crippen molar-refractivity contribution >= 4 is 39.9 Å². The van der Waals surface area contributed by atoms with Crippen LogP contribution in [0.25, 0.3) is 22.3 Å². The van der Waals surface area contributed by atoms with Gasteiger partial charge in [0, 0.05) is 41.9 Å². The lowest BCUT2D eigenvalue weighted by molar-refractivity contribution is 0.0944. The lowest BCUT2D eigenvalue weighted by Crippen LogP contribution is -2.31. The molecule has 3 aliphatic rings. The number of H-pyrrole nitrogens is 1. The molecule has 1 saturated carbocycles. The van der Waals surface area contributed by atoms with Crippen molar-refractivity contribution in [1.29, 1.82) is 0 Å². The van der Waals surface area contributed by atoms with Crippen LogP contribution in [-0.4, -0.2) is 53.3 Å². The summed E-state index contributed by atoms with van der Waals surface area (Å²) in [5.41, 5.74) is 5.76. The molecule has 2 aliphatic heterocycles. The van der Waals surface area contributed by atoms with Gasteiger partial charge < -0.3 is 29.8 Å². The number of aromatic nitrogens is 3. The van der Waals surface area contributed by atoms with Crippen LogP contribution in [0.5, 0.6) is 11.6 Å². The van der Waals surface area contributed by atoms with Crippen molar-refractivity contribution in [2.75, 3.05) is 25.6 Å². The number of hydrogen-bond donors (Lipinski definition) is 3. The van der Waals surface area contributed by atoms with E-state index in [0.29, 0.717) is 52.3 Å². The molecule has 3 N–H and O–H groups in total. The fraction of sp³-hybridized carbons (Fsp3) is 0.296. The average Bonchev–Trinajstić information content (AvgIpc) is 3.30. The molecule has 1 amide bonds. The molecule has 0 spiro atoms. The topological polar surface area (TPSA) is 110 Å². The highest BCUT2D eigenvalue weighted by Gasteiger charge is 2.48. The van der Waals surface area contributed by atoms with Gasteiger partial charge in [-0.15, -0.1) is 0 Å². The van der Waals surface area contributed by atoms with Gasteiger partial charge in [-0.1, -0.05) is 17.7 Å². The van der Waals surface area contributed by atoms with Crippen LogP contribution in [0, 0.1) is 0 Å². The maximum Gasteiger partial charge on any atom is 0.255 e. The van der Waals surface area contributed by atoms with Crippen molar-refractivity contribution in [1.82, 2.24) is 20.3 Å². The quantitative estimate of drug-likeness (QED) is 0.337. The summed E-state index contributed by atoms with van der Waals surface area (Å²) in [6.07, 6.45) is 3.46. The molecule has 2 fully saturated rings. The molecular formula is C27H24ClN5O4. The zero-order chi connectivity index (χ0) is 25.1. The second kappa shape index (κ2) is 8.64. The standard InChI is InChI=1S/C27H24ClN5O4/c1-35-26-16(28)3-2-4-18(26)30-25-21-23(15-11-19(15)31-27(21)34)33-24(25)14-7-9-29-17-5-6-20(32-22(14)17)37-13-8-10-36-12-13/h2-7,9,13,15,19,30,33H,8,10-12H2,1H3,(H,31,34)/t13-,15+,19-/m1/s1. The van der Waals surface area contributed by atoms with Crippen LogP contribution in [0.2, 0.25) is 5.02 Å². The molecule has 4 aromatic rings. The van der Waals surface area contributed by atoms with Gasteiger partial charge in [0.2, 0.25) is 5.88 Å². The van der Waals surface area contributed by atoms with E-state index in [1.165, 1.54) is 0 Å². The molecule has 3 atom stereocenters. The molecule has 9 nitrogen and oxygen atoms in total. The monoisotopic (exact) mass is 517 g/mol. The van der Waals surface area contributed by atoms with Crippen LogP contribution in [0.3, 0.4) is 0 Å². The number of para-hydroxylation sites is 1. The highest BCUT2D eigenvalue weighted by atomic mass is 35.5. The van der Waals surface area contributed by atoms with E-state index in [4.69, 9.17) is 30.8 Å². The Kier molecular flexibility index (Phi) is 5.23. The summed E-state index contributed by atoms with van der Waals surface area (Å²) in [5.74, 6) is 1.15. The van der Waals surface area contributed by atoms with E-state index < -0.39 is 0 Å². The van der Waals surface area contributed by atoms with Gasteiger partial charge in [0.25, 0.3) is 5.91 Å². The van der Waals surface area contributed by atoms with E-state index in [1.807, 2.05) is 30.3 Å². The van der Waals surface area contributed by atoms with Crippen molar-refractivity contribution < 1.29 is 19.0 Å². The van der Waals surface area contributed by atoms with Gasteiger partial charge in [0.15, 0.2) is 5.75 Å². The minimum absolute atomic E-state index is 0.0223. The van der Waals surface area contributed by atoms with E-state index in [-0.39, 0.29) is 24.0 Å². The molecule has 37 heavy (non-hydrogen) atoms. The summed E-state index contributed by atoms with van der Waals surface area (Å²) in [7, 11) is 1.57. The number of benzene rings is 1. The number of pyridine rings is 2. The maximum atomic E-state index is 13.2. The number of aromatic amines is 1. The second-order valence-electron chi connectivity index (χ2n) is 9.51. The first kappa shape index (κ1) is 22.4. The predicted molar refractivity (Wildman–Crippen MR) is 139 cm³/mol. The molecule has 3 aromatic heterocycles. The normalized spacial score (nSPS) is 21.8. The van der Waals surface area contributed by atoms with Crippen LogP contribution in [0.15, 0.2) is 42.6 Å². The number of methoxy groups -OCH3 is 1. The third kappa shape index (κ3) is 3.77. The Morgan fingerprint density at radius 3 is 2.97 bits per heavy atom. The minimum Gasteiger partial charge on any atom is -0.493 e. The summed E-state index contributed by atoms with van der Waals surface area (Å²) < 4.78 is 17.1. The maximum absolute atomic E-state index is 13.2. The van der Waals surface area contributed by atoms with Crippen molar-refractivity contribution in [2.45, 2.75) is 30.9 Å². The molecule has 1 aliphatic carbocycles. The molecular weight excluding hydrogens is 494 g/mol.